The predicted molar refractivity (Wildman–Crippen MR) is 87.4 cm³/mol. The molecule has 0 amide bonds. The van der Waals surface area contributed by atoms with Crippen molar-refractivity contribution in [2.75, 3.05) is 32.9 Å². The summed E-state index contributed by atoms with van der Waals surface area (Å²) in [6.07, 6.45) is 0.918. The van der Waals surface area contributed by atoms with Crippen LogP contribution in [0, 0.1) is 5.92 Å². The second kappa shape index (κ2) is 8.90. The summed E-state index contributed by atoms with van der Waals surface area (Å²) >= 11 is 5.89. The van der Waals surface area contributed by atoms with Crippen LogP contribution in [0.1, 0.15) is 6.42 Å². The molecule has 0 spiro atoms. The van der Waals surface area contributed by atoms with Gasteiger partial charge in [0, 0.05) is 30.6 Å². The molecule has 1 fully saturated rings. The molecule has 126 valence electrons. The van der Waals surface area contributed by atoms with Crippen molar-refractivity contribution in [1.82, 2.24) is 4.72 Å². The van der Waals surface area contributed by atoms with Crippen molar-refractivity contribution in [3.05, 3.63) is 23.2 Å². The molecule has 1 aliphatic rings. The lowest BCUT2D eigenvalue weighted by Gasteiger charge is -2.15. The minimum atomic E-state index is -3.69. The maximum Gasteiger partial charge on any atom is 0.244 e. The third kappa shape index (κ3) is 5.26. The first kappa shape index (κ1) is 19.5. The highest BCUT2D eigenvalue weighted by atomic mass is 35.5. The van der Waals surface area contributed by atoms with Crippen LogP contribution < -0.4 is 15.2 Å². The van der Waals surface area contributed by atoms with E-state index in [1.807, 2.05) is 0 Å². The van der Waals surface area contributed by atoms with Gasteiger partial charge in [-0.3, -0.25) is 0 Å². The summed E-state index contributed by atoms with van der Waals surface area (Å²) in [6, 6.07) is 4.54. The number of hydrogen-bond acceptors (Lipinski definition) is 5. The normalized spacial score (nSPS) is 18.0. The topological polar surface area (TPSA) is 90.7 Å². The summed E-state index contributed by atoms with van der Waals surface area (Å²) in [7, 11) is -3.69. The van der Waals surface area contributed by atoms with Gasteiger partial charge in [0.1, 0.15) is 10.6 Å². The Morgan fingerprint density at radius 3 is 2.86 bits per heavy atom. The molecule has 1 saturated heterocycles. The van der Waals surface area contributed by atoms with Crippen molar-refractivity contribution in [2.24, 2.45) is 11.7 Å². The molecule has 1 aromatic rings. The Bertz CT molecular complexity index is 577. The van der Waals surface area contributed by atoms with Crippen molar-refractivity contribution in [1.29, 1.82) is 0 Å². The van der Waals surface area contributed by atoms with Crippen LogP contribution >= 0.6 is 24.0 Å². The molecule has 0 aromatic heterocycles. The van der Waals surface area contributed by atoms with E-state index in [4.69, 9.17) is 26.8 Å². The van der Waals surface area contributed by atoms with Crippen molar-refractivity contribution in [3.8, 4) is 5.75 Å². The van der Waals surface area contributed by atoms with E-state index < -0.39 is 10.0 Å². The molecule has 6 nitrogen and oxygen atoms in total. The van der Waals surface area contributed by atoms with E-state index in [1.165, 1.54) is 6.07 Å². The smallest absolute Gasteiger partial charge is 0.244 e. The Hall–Kier alpha value is -0.570. The molecule has 3 N–H and O–H groups in total. The Morgan fingerprint density at radius 1 is 1.45 bits per heavy atom. The van der Waals surface area contributed by atoms with Crippen molar-refractivity contribution < 1.29 is 17.9 Å². The second-order valence-corrected chi connectivity index (χ2v) is 6.99. The average Bonchev–Trinajstić information content (AvgIpc) is 2.97. The number of rotatable bonds is 7. The van der Waals surface area contributed by atoms with Crippen molar-refractivity contribution in [3.63, 3.8) is 0 Å². The van der Waals surface area contributed by atoms with Gasteiger partial charge < -0.3 is 15.2 Å². The third-order valence-electron chi connectivity index (χ3n) is 3.13. The lowest BCUT2D eigenvalue weighted by Crippen LogP contribution is -2.29. The summed E-state index contributed by atoms with van der Waals surface area (Å²) in [6.45, 7) is 2.15. The number of benzene rings is 1. The molecule has 1 unspecified atom stereocenters. The first-order valence-corrected chi connectivity index (χ1v) is 8.59. The molecule has 0 saturated carbocycles. The minimum absolute atomic E-state index is 0. The number of ether oxygens (including phenoxy) is 2. The second-order valence-electron chi connectivity index (χ2n) is 4.82. The molecule has 1 aromatic carbocycles. The molecule has 22 heavy (non-hydrogen) atoms. The summed E-state index contributed by atoms with van der Waals surface area (Å²) in [5.74, 6) is 0.573. The van der Waals surface area contributed by atoms with Gasteiger partial charge in [-0.1, -0.05) is 11.6 Å². The quantitative estimate of drug-likeness (QED) is 0.757. The number of halogens is 2. The zero-order valence-electron chi connectivity index (χ0n) is 12.0. The maximum atomic E-state index is 12.2. The van der Waals surface area contributed by atoms with E-state index in [-0.39, 0.29) is 42.1 Å². The van der Waals surface area contributed by atoms with Gasteiger partial charge in [0.05, 0.1) is 13.2 Å². The molecular weight excluding hydrogens is 351 g/mol. The van der Waals surface area contributed by atoms with E-state index in [2.05, 4.69) is 4.72 Å². The Kier molecular flexibility index (Phi) is 7.88. The van der Waals surface area contributed by atoms with Crippen LogP contribution in [0.3, 0.4) is 0 Å². The van der Waals surface area contributed by atoms with E-state index in [1.54, 1.807) is 12.1 Å². The molecule has 0 radical (unpaired) electrons. The summed E-state index contributed by atoms with van der Waals surface area (Å²) in [5, 5.41) is 0.333. The van der Waals surface area contributed by atoms with Gasteiger partial charge in [-0.15, -0.1) is 12.4 Å². The Balaban J connectivity index is 0.00000242. The van der Waals surface area contributed by atoms with Gasteiger partial charge in [-0.05, 0) is 24.6 Å². The number of nitrogens with one attached hydrogen (secondary N) is 1. The first-order chi connectivity index (χ1) is 10.0. The lowest BCUT2D eigenvalue weighted by molar-refractivity contribution is 0.166. The fourth-order valence-corrected chi connectivity index (χ4v) is 3.46. The highest BCUT2D eigenvalue weighted by Crippen LogP contribution is 2.28. The molecule has 1 heterocycles. The van der Waals surface area contributed by atoms with E-state index >= 15 is 0 Å². The largest absolute Gasteiger partial charge is 0.492 e. The van der Waals surface area contributed by atoms with Crippen LogP contribution in [0.15, 0.2) is 23.1 Å². The SMILES string of the molecule is Cl.NCCNS(=O)(=O)c1cc(Cl)ccc1OCC1CCOC1. The standard InChI is InChI=1S/C13H19ClN2O4S.ClH/c14-11-1-2-12(20-9-10-3-6-19-8-10)13(7-11)21(17,18)16-5-4-15;/h1-2,7,10,16H,3-6,8-9,15H2;1H. The predicted octanol–water partition coefficient (Wildman–Crippen LogP) is 1.41. The molecule has 1 aliphatic heterocycles. The summed E-state index contributed by atoms with van der Waals surface area (Å²) in [5.41, 5.74) is 5.32. The van der Waals surface area contributed by atoms with Crippen LogP contribution in [0.5, 0.6) is 5.75 Å². The maximum absolute atomic E-state index is 12.2. The van der Waals surface area contributed by atoms with E-state index in [0.717, 1.165) is 13.0 Å². The third-order valence-corrected chi connectivity index (χ3v) is 4.85. The van der Waals surface area contributed by atoms with Crippen molar-refractivity contribution >= 4 is 34.0 Å². The zero-order chi connectivity index (χ0) is 15.3. The number of sulfonamides is 1. The van der Waals surface area contributed by atoms with Crippen molar-refractivity contribution in [2.45, 2.75) is 11.3 Å². The van der Waals surface area contributed by atoms with Gasteiger partial charge in [0.2, 0.25) is 10.0 Å². The molecule has 0 aliphatic carbocycles. The van der Waals surface area contributed by atoms with Gasteiger partial charge in [0.15, 0.2) is 0 Å². The molecule has 1 atom stereocenters. The van der Waals surface area contributed by atoms with Crippen LogP contribution in [-0.2, 0) is 14.8 Å². The monoisotopic (exact) mass is 370 g/mol. The highest BCUT2D eigenvalue weighted by Gasteiger charge is 2.22. The Labute approximate surface area is 141 Å². The zero-order valence-corrected chi connectivity index (χ0v) is 14.3. The van der Waals surface area contributed by atoms with Crippen LogP contribution in [0.4, 0.5) is 0 Å². The summed E-state index contributed by atoms with van der Waals surface area (Å²) < 4.78 is 37.8. The van der Waals surface area contributed by atoms with Gasteiger partial charge in [-0.2, -0.15) is 0 Å². The number of nitrogens with two attached hydrogens (primary N) is 1. The minimum Gasteiger partial charge on any atom is -0.492 e. The van der Waals surface area contributed by atoms with E-state index in [9.17, 15) is 8.42 Å². The van der Waals surface area contributed by atoms with Crippen LogP contribution in [0.2, 0.25) is 5.02 Å². The van der Waals surface area contributed by atoms with Gasteiger partial charge >= 0.3 is 0 Å². The summed E-state index contributed by atoms with van der Waals surface area (Å²) in [4.78, 5) is 0.0300. The fourth-order valence-electron chi connectivity index (χ4n) is 2.00. The van der Waals surface area contributed by atoms with Crippen LogP contribution in [0.25, 0.3) is 0 Å². The molecule has 2 rings (SSSR count). The first-order valence-electron chi connectivity index (χ1n) is 6.73. The molecule has 9 heteroatoms. The van der Waals surface area contributed by atoms with Gasteiger partial charge in [0.25, 0.3) is 0 Å². The van der Waals surface area contributed by atoms with Gasteiger partial charge in [-0.25, -0.2) is 13.1 Å². The highest BCUT2D eigenvalue weighted by molar-refractivity contribution is 7.89. The lowest BCUT2D eigenvalue weighted by atomic mass is 10.1. The molecular formula is C13H20Cl2N2O4S. The average molecular weight is 371 g/mol. The molecule has 0 bridgehead atoms. The van der Waals surface area contributed by atoms with Crippen LogP contribution in [-0.4, -0.2) is 41.3 Å². The van der Waals surface area contributed by atoms with E-state index in [0.29, 0.717) is 18.2 Å². The number of hydrogen-bond donors (Lipinski definition) is 2. The Morgan fingerprint density at radius 2 is 2.23 bits per heavy atom. The fraction of sp³-hybridized carbons (Fsp3) is 0.538.